The lowest BCUT2D eigenvalue weighted by Crippen LogP contribution is -2.48. The fourth-order valence-electron chi connectivity index (χ4n) is 5.73. The van der Waals surface area contributed by atoms with Crippen molar-refractivity contribution in [1.29, 1.82) is 0 Å². The molecule has 1 aliphatic carbocycles. The van der Waals surface area contributed by atoms with E-state index in [1.165, 1.54) is 0 Å². The second-order valence-corrected chi connectivity index (χ2v) is 13.4. The maximum atomic E-state index is 13.6. The van der Waals surface area contributed by atoms with E-state index in [4.69, 9.17) is 9.47 Å². The summed E-state index contributed by atoms with van der Waals surface area (Å²) in [6, 6.07) is 0. The molecular weight excluding hydrogens is 550 g/mol. The minimum absolute atomic E-state index is 0.0962. The number of carbonyl (C=O) groups excluding carboxylic acids is 4. The molecule has 5 atom stereocenters. The van der Waals surface area contributed by atoms with Crippen LogP contribution in [0.2, 0.25) is 0 Å². The zero-order valence-corrected chi connectivity index (χ0v) is 27.0. The van der Waals surface area contributed by atoms with Crippen LogP contribution in [0.25, 0.3) is 0 Å². The summed E-state index contributed by atoms with van der Waals surface area (Å²) in [6.07, 6.45) is 6.61. The first-order valence-electron chi connectivity index (χ1n) is 15.6. The van der Waals surface area contributed by atoms with Gasteiger partial charge in [0, 0.05) is 45.7 Å². The average Bonchev–Trinajstić information content (AvgIpc) is 2.93. The Kier molecular flexibility index (Phi) is 12.2. The zero-order valence-electron chi connectivity index (χ0n) is 27.0. The van der Waals surface area contributed by atoms with Gasteiger partial charge in [0.05, 0.1) is 12.0 Å². The number of hydrogen-bond acceptors (Lipinski definition) is 8. The van der Waals surface area contributed by atoms with Crippen LogP contribution in [0.5, 0.6) is 0 Å². The Balaban J connectivity index is 1.84. The third-order valence-corrected chi connectivity index (χ3v) is 8.36. The molecular formula is C33H51N3O7. The number of ketones is 2. The molecule has 240 valence electrons. The van der Waals surface area contributed by atoms with Gasteiger partial charge in [-0.15, -0.1) is 0 Å². The maximum Gasteiger partial charge on any atom is 0.410 e. The smallest absolute Gasteiger partial charge is 0.410 e. The first-order valence-corrected chi connectivity index (χ1v) is 15.6. The summed E-state index contributed by atoms with van der Waals surface area (Å²) in [6.45, 7) is 14.8. The molecule has 1 fully saturated rings. The lowest BCUT2D eigenvalue weighted by molar-refractivity contribution is -0.140. The highest BCUT2D eigenvalue weighted by Gasteiger charge is 2.34. The van der Waals surface area contributed by atoms with Crippen molar-refractivity contribution in [3.8, 4) is 0 Å². The fraction of sp³-hybridized carbons (Fsp3) is 0.697. The molecule has 1 saturated heterocycles. The SMILES string of the molecule is C/C(=C\C1=CCCN(C(=O)OC(C)(C)C)C1)[C@H]1C(=O)C(=O)C[C@H](O)CC[C@H](C)[C@@H](OC(=O)N2CCN(C)CC2)/C=C/[C@@H]1C. The van der Waals surface area contributed by atoms with Crippen molar-refractivity contribution in [2.24, 2.45) is 17.8 Å². The molecule has 0 aromatic heterocycles. The van der Waals surface area contributed by atoms with Gasteiger partial charge in [0.2, 0.25) is 11.6 Å². The van der Waals surface area contributed by atoms with E-state index in [2.05, 4.69) is 4.90 Å². The second-order valence-electron chi connectivity index (χ2n) is 13.4. The van der Waals surface area contributed by atoms with Gasteiger partial charge in [-0.25, -0.2) is 9.59 Å². The molecule has 10 heteroatoms. The van der Waals surface area contributed by atoms with E-state index in [9.17, 15) is 24.3 Å². The van der Waals surface area contributed by atoms with Crippen LogP contribution in [0.1, 0.15) is 67.2 Å². The van der Waals surface area contributed by atoms with E-state index >= 15 is 0 Å². The number of nitrogens with zero attached hydrogens (tertiary/aromatic N) is 3. The van der Waals surface area contributed by atoms with E-state index in [-0.39, 0.29) is 24.3 Å². The summed E-state index contributed by atoms with van der Waals surface area (Å²) >= 11 is 0. The number of carbonyl (C=O) groups is 4. The number of hydrogen-bond donors (Lipinski definition) is 1. The van der Waals surface area contributed by atoms with Crippen molar-refractivity contribution < 1.29 is 33.8 Å². The largest absolute Gasteiger partial charge is 0.444 e. The molecule has 2 heterocycles. The Hall–Kier alpha value is -2.98. The van der Waals surface area contributed by atoms with Crippen molar-refractivity contribution in [3.05, 3.63) is 35.5 Å². The molecule has 0 bridgehead atoms. The van der Waals surface area contributed by atoms with Gasteiger partial charge in [0.25, 0.3) is 0 Å². The van der Waals surface area contributed by atoms with E-state index in [0.717, 1.165) is 18.7 Å². The molecule has 0 radical (unpaired) electrons. The van der Waals surface area contributed by atoms with E-state index < -0.39 is 41.4 Å². The van der Waals surface area contributed by atoms with Crippen LogP contribution in [0.3, 0.4) is 0 Å². The van der Waals surface area contributed by atoms with Gasteiger partial charge in [-0.1, -0.05) is 37.6 Å². The molecule has 0 unspecified atom stereocenters. The predicted molar refractivity (Wildman–Crippen MR) is 164 cm³/mol. The van der Waals surface area contributed by atoms with Crippen molar-refractivity contribution in [2.75, 3.05) is 46.3 Å². The second kappa shape index (κ2) is 15.1. The van der Waals surface area contributed by atoms with Crippen LogP contribution in [0.15, 0.2) is 35.5 Å². The van der Waals surface area contributed by atoms with Gasteiger partial charge in [0.1, 0.15) is 11.7 Å². The molecule has 0 spiro atoms. The molecule has 0 saturated carbocycles. The minimum atomic E-state index is -0.958. The number of piperazine rings is 1. The minimum Gasteiger partial charge on any atom is -0.444 e. The number of amides is 2. The van der Waals surface area contributed by atoms with Crippen molar-refractivity contribution in [2.45, 2.75) is 85.0 Å². The first-order chi connectivity index (χ1) is 20.1. The molecule has 3 rings (SSSR count). The van der Waals surface area contributed by atoms with Crippen LogP contribution in [-0.4, -0.2) is 108 Å². The third kappa shape index (κ3) is 10.3. The number of rotatable bonds is 3. The van der Waals surface area contributed by atoms with Crippen LogP contribution >= 0.6 is 0 Å². The highest BCUT2D eigenvalue weighted by Crippen LogP contribution is 2.29. The highest BCUT2D eigenvalue weighted by atomic mass is 16.6. The summed E-state index contributed by atoms with van der Waals surface area (Å²) in [5.74, 6) is -2.39. The lowest BCUT2D eigenvalue weighted by Gasteiger charge is -2.33. The van der Waals surface area contributed by atoms with Crippen molar-refractivity contribution in [3.63, 3.8) is 0 Å². The molecule has 1 N–H and O–H groups in total. The van der Waals surface area contributed by atoms with Gasteiger partial charge < -0.3 is 29.3 Å². The molecule has 43 heavy (non-hydrogen) atoms. The molecule has 2 aliphatic heterocycles. The summed E-state index contributed by atoms with van der Waals surface area (Å²) in [7, 11) is 2.02. The Morgan fingerprint density at radius 3 is 2.30 bits per heavy atom. The topological polar surface area (TPSA) is 117 Å². The predicted octanol–water partition coefficient (Wildman–Crippen LogP) is 4.38. The van der Waals surface area contributed by atoms with Gasteiger partial charge in [0.15, 0.2) is 0 Å². The van der Waals surface area contributed by atoms with Crippen molar-refractivity contribution in [1.82, 2.24) is 14.7 Å². The van der Waals surface area contributed by atoms with E-state index in [0.29, 0.717) is 51.0 Å². The third-order valence-electron chi connectivity index (χ3n) is 8.36. The monoisotopic (exact) mass is 601 g/mol. The van der Waals surface area contributed by atoms with Crippen molar-refractivity contribution >= 4 is 23.8 Å². The summed E-state index contributed by atoms with van der Waals surface area (Å²) < 4.78 is 11.5. The Bertz CT molecular complexity index is 1110. The van der Waals surface area contributed by atoms with Gasteiger partial charge >= 0.3 is 12.2 Å². The van der Waals surface area contributed by atoms with E-state index in [1.807, 2.05) is 72.9 Å². The number of likely N-dealkylation sites (N-methyl/N-ethyl adjacent to an activating group) is 1. The van der Waals surface area contributed by atoms with Gasteiger partial charge in [-0.3, -0.25) is 9.59 Å². The Labute approximate surface area is 256 Å². The molecule has 2 amide bonds. The summed E-state index contributed by atoms with van der Waals surface area (Å²) in [5.41, 5.74) is 0.952. The fourth-order valence-corrected chi connectivity index (χ4v) is 5.73. The number of ether oxygens (including phenoxy) is 2. The van der Waals surface area contributed by atoms with E-state index in [1.54, 1.807) is 9.80 Å². The normalized spacial score (nSPS) is 29.7. The standard InChI is InChI=1S/C33H51N3O7/c1-22-10-12-26(37)20-27(38)30(39)29(23(2)11-13-28(22)42-31(40)35-17-15-34(7)16-18-35)24(3)19-25-9-8-14-36(21-25)32(41)43-33(4,5)6/h9,11,13,19,22-23,26,28-29,37H,8,10,12,14-18,20-21H2,1-7H3/b13-11+,24-19+/t22-,23-,26+,28-,29-/m0/s1. The summed E-state index contributed by atoms with van der Waals surface area (Å²) in [4.78, 5) is 57.8. The van der Waals surface area contributed by atoms with Crippen LogP contribution in [-0.2, 0) is 19.1 Å². The maximum absolute atomic E-state index is 13.6. The lowest BCUT2D eigenvalue weighted by atomic mass is 9.79. The average molecular weight is 602 g/mol. The Morgan fingerprint density at radius 1 is 0.977 bits per heavy atom. The van der Waals surface area contributed by atoms with Gasteiger partial charge in [-0.2, -0.15) is 0 Å². The molecule has 0 aromatic carbocycles. The Morgan fingerprint density at radius 2 is 1.65 bits per heavy atom. The van der Waals surface area contributed by atoms with Crippen LogP contribution < -0.4 is 0 Å². The number of allylic oxidation sites excluding steroid dienone is 2. The molecule has 10 nitrogen and oxygen atoms in total. The van der Waals surface area contributed by atoms with Crippen LogP contribution in [0, 0.1) is 17.8 Å². The number of Topliss-reactive ketones (excluding diaryl/α,β-unsaturated/α-hetero) is 2. The first kappa shape index (κ1) is 34.5. The molecule has 0 aromatic rings. The zero-order chi connectivity index (χ0) is 31.9. The quantitative estimate of drug-likeness (QED) is 0.374. The van der Waals surface area contributed by atoms with Gasteiger partial charge in [-0.05, 0) is 77.5 Å². The van der Waals surface area contributed by atoms with Crippen LogP contribution in [0.4, 0.5) is 9.59 Å². The number of aliphatic hydroxyl groups excluding tert-OH is 1. The highest BCUT2D eigenvalue weighted by molar-refractivity contribution is 6.38. The summed E-state index contributed by atoms with van der Waals surface area (Å²) in [5, 5.41) is 10.6. The number of aliphatic hydroxyl groups is 1. The molecule has 3 aliphatic rings.